The van der Waals surface area contributed by atoms with Crippen LogP contribution in [0.15, 0.2) is 42.5 Å². The van der Waals surface area contributed by atoms with Crippen molar-refractivity contribution in [2.45, 2.75) is 31.8 Å². The molecule has 148 valence electrons. The summed E-state index contributed by atoms with van der Waals surface area (Å²) in [6.45, 7) is 2.70. The van der Waals surface area contributed by atoms with Crippen molar-refractivity contribution in [3.05, 3.63) is 59.4 Å². The van der Waals surface area contributed by atoms with Crippen LogP contribution in [0.25, 0.3) is 0 Å². The lowest BCUT2D eigenvalue weighted by molar-refractivity contribution is -0.122. The van der Waals surface area contributed by atoms with Crippen LogP contribution in [0.2, 0.25) is 0 Å². The lowest BCUT2D eigenvalue weighted by Gasteiger charge is -2.25. The van der Waals surface area contributed by atoms with Crippen LogP contribution in [0.3, 0.4) is 0 Å². The highest BCUT2D eigenvalue weighted by Gasteiger charge is 2.28. The van der Waals surface area contributed by atoms with Crippen LogP contribution >= 0.6 is 0 Å². The molecule has 2 aromatic carbocycles. The van der Waals surface area contributed by atoms with E-state index in [0.717, 1.165) is 42.9 Å². The van der Waals surface area contributed by atoms with Crippen LogP contribution in [0.4, 0.5) is 4.39 Å². The lowest BCUT2D eigenvalue weighted by atomic mass is 10.0. The molecule has 2 heterocycles. The molecule has 0 radical (unpaired) electrons. The molecule has 0 saturated carbocycles. The molecule has 5 nitrogen and oxygen atoms in total. The number of carbonyl (C=O) groups excluding carboxylic acids is 1. The molecule has 0 aliphatic carbocycles. The van der Waals surface area contributed by atoms with E-state index in [1.54, 1.807) is 18.2 Å². The Labute approximate surface area is 164 Å². The molecule has 1 fully saturated rings. The molecule has 0 unspecified atom stereocenters. The summed E-state index contributed by atoms with van der Waals surface area (Å²) in [5, 5.41) is 2.83. The van der Waals surface area contributed by atoms with Gasteiger partial charge >= 0.3 is 0 Å². The molecule has 0 spiro atoms. The quantitative estimate of drug-likeness (QED) is 0.858. The van der Waals surface area contributed by atoms with E-state index in [0.29, 0.717) is 25.3 Å². The second-order valence-electron chi connectivity index (χ2n) is 7.25. The summed E-state index contributed by atoms with van der Waals surface area (Å²) >= 11 is 0. The number of rotatable bonds is 5. The molecular formula is C22H25FN2O3. The first-order chi connectivity index (χ1) is 13.7. The zero-order chi connectivity index (χ0) is 19.3. The molecule has 28 heavy (non-hydrogen) atoms. The van der Waals surface area contributed by atoms with Crippen LogP contribution < -0.4 is 14.8 Å². The predicted octanol–water partition coefficient (Wildman–Crippen LogP) is 3.44. The van der Waals surface area contributed by atoms with E-state index in [4.69, 9.17) is 9.47 Å². The Morgan fingerprint density at radius 2 is 1.93 bits per heavy atom. The third-order valence-electron chi connectivity index (χ3n) is 5.30. The molecule has 0 bridgehead atoms. The lowest BCUT2D eigenvalue weighted by Crippen LogP contribution is -2.36. The summed E-state index contributed by atoms with van der Waals surface area (Å²) < 4.78 is 25.2. The number of carbonyl (C=O) groups is 1. The molecule has 6 heteroatoms. The monoisotopic (exact) mass is 384 g/mol. The van der Waals surface area contributed by atoms with E-state index in [9.17, 15) is 9.18 Å². The number of benzene rings is 2. The number of halogens is 1. The maximum Gasteiger partial charge on any atom is 0.234 e. The molecule has 0 aromatic heterocycles. The van der Waals surface area contributed by atoms with E-state index in [2.05, 4.69) is 16.3 Å². The third kappa shape index (κ3) is 4.28. The van der Waals surface area contributed by atoms with Crippen LogP contribution in [-0.2, 0) is 11.3 Å². The van der Waals surface area contributed by atoms with Crippen LogP contribution in [-0.4, -0.2) is 37.1 Å². The molecule has 4 rings (SSSR count). The van der Waals surface area contributed by atoms with Gasteiger partial charge < -0.3 is 14.8 Å². The second kappa shape index (κ2) is 8.61. The number of ether oxygens (including phenoxy) is 2. The summed E-state index contributed by atoms with van der Waals surface area (Å²) in [4.78, 5) is 14.6. The van der Waals surface area contributed by atoms with Crippen molar-refractivity contribution < 1.29 is 18.7 Å². The molecule has 1 amide bonds. The number of nitrogens with one attached hydrogen (secondary N) is 1. The molecular weight excluding hydrogens is 359 g/mol. The molecule has 2 aliphatic heterocycles. The first-order valence-electron chi connectivity index (χ1n) is 9.84. The largest absolute Gasteiger partial charge is 0.490 e. The first-order valence-corrected chi connectivity index (χ1v) is 9.84. The number of amides is 1. The van der Waals surface area contributed by atoms with Gasteiger partial charge in [-0.2, -0.15) is 0 Å². The fraction of sp³-hybridized carbons (Fsp3) is 0.409. The fourth-order valence-electron chi connectivity index (χ4n) is 3.86. The van der Waals surface area contributed by atoms with Crippen molar-refractivity contribution in [1.29, 1.82) is 0 Å². The maximum atomic E-state index is 13.7. The Bertz CT molecular complexity index is 842. The van der Waals surface area contributed by atoms with E-state index >= 15 is 0 Å². The van der Waals surface area contributed by atoms with Crippen molar-refractivity contribution >= 4 is 5.91 Å². The highest BCUT2D eigenvalue weighted by atomic mass is 19.1. The number of likely N-dealkylation sites (tertiary alicyclic amines) is 1. The van der Waals surface area contributed by atoms with Crippen LogP contribution in [0, 0.1) is 5.82 Å². The van der Waals surface area contributed by atoms with Gasteiger partial charge in [-0.3, -0.25) is 9.69 Å². The van der Waals surface area contributed by atoms with Gasteiger partial charge in [0, 0.05) is 24.6 Å². The predicted molar refractivity (Wildman–Crippen MR) is 104 cm³/mol. The first kappa shape index (κ1) is 18.7. The number of fused-ring (bicyclic) bond motifs is 1. The summed E-state index contributed by atoms with van der Waals surface area (Å²) in [5.41, 5.74) is 1.64. The number of hydrogen-bond acceptors (Lipinski definition) is 4. The van der Waals surface area contributed by atoms with Gasteiger partial charge in [0.2, 0.25) is 5.91 Å². The summed E-state index contributed by atoms with van der Waals surface area (Å²) in [6, 6.07) is 12.8. The summed E-state index contributed by atoms with van der Waals surface area (Å²) in [5.74, 6) is 1.18. The van der Waals surface area contributed by atoms with Crippen LogP contribution in [0.1, 0.15) is 36.4 Å². The SMILES string of the molecule is O=C(CN1CCC[C@H]1c1ccc2c(c1)OCCCO2)NCc1ccccc1F. The Balaban J connectivity index is 1.39. The van der Waals surface area contributed by atoms with E-state index in [1.165, 1.54) is 6.07 Å². The third-order valence-corrected chi connectivity index (χ3v) is 5.30. The average Bonchev–Trinajstić information content (AvgIpc) is 3.02. The molecule has 2 aromatic rings. The Kier molecular flexibility index (Phi) is 5.76. The smallest absolute Gasteiger partial charge is 0.234 e. The van der Waals surface area contributed by atoms with Gasteiger partial charge in [0.15, 0.2) is 11.5 Å². The van der Waals surface area contributed by atoms with Crippen LogP contribution in [0.5, 0.6) is 11.5 Å². The van der Waals surface area contributed by atoms with Gasteiger partial charge in [0.25, 0.3) is 0 Å². The zero-order valence-electron chi connectivity index (χ0n) is 15.8. The average molecular weight is 384 g/mol. The van der Waals surface area contributed by atoms with Gasteiger partial charge in [-0.05, 0) is 43.1 Å². The Morgan fingerprint density at radius 1 is 1.11 bits per heavy atom. The molecule has 2 aliphatic rings. The van der Waals surface area contributed by atoms with Gasteiger partial charge in [-0.15, -0.1) is 0 Å². The number of hydrogen-bond donors (Lipinski definition) is 1. The van der Waals surface area contributed by atoms with Gasteiger partial charge in [-0.25, -0.2) is 4.39 Å². The molecule has 1 atom stereocenters. The highest BCUT2D eigenvalue weighted by Crippen LogP contribution is 2.37. The minimum absolute atomic E-state index is 0.0931. The van der Waals surface area contributed by atoms with E-state index < -0.39 is 0 Å². The number of nitrogens with zero attached hydrogens (tertiary/aromatic N) is 1. The van der Waals surface area contributed by atoms with Gasteiger partial charge in [0.1, 0.15) is 5.82 Å². The van der Waals surface area contributed by atoms with Crippen molar-refractivity contribution in [2.75, 3.05) is 26.3 Å². The Hall–Kier alpha value is -2.60. The molecule has 1 saturated heterocycles. The van der Waals surface area contributed by atoms with Crippen molar-refractivity contribution in [1.82, 2.24) is 10.2 Å². The van der Waals surface area contributed by atoms with Crippen molar-refractivity contribution in [2.24, 2.45) is 0 Å². The maximum absolute atomic E-state index is 13.7. The Morgan fingerprint density at radius 3 is 2.79 bits per heavy atom. The van der Waals surface area contributed by atoms with E-state index in [1.807, 2.05) is 12.1 Å². The van der Waals surface area contributed by atoms with Crippen molar-refractivity contribution in [3.8, 4) is 11.5 Å². The second-order valence-corrected chi connectivity index (χ2v) is 7.25. The topological polar surface area (TPSA) is 50.8 Å². The normalized spacial score (nSPS) is 19.2. The van der Waals surface area contributed by atoms with Gasteiger partial charge in [-0.1, -0.05) is 24.3 Å². The highest BCUT2D eigenvalue weighted by molar-refractivity contribution is 5.78. The van der Waals surface area contributed by atoms with Gasteiger partial charge in [0.05, 0.1) is 19.8 Å². The summed E-state index contributed by atoms with van der Waals surface area (Å²) in [6.07, 6.45) is 2.92. The van der Waals surface area contributed by atoms with E-state index in [-0.39, 0.29) is 24.3 Å². The fourth-order valence-corrected chi connectivity index (χ4v) is 3.86. The summed E-state index contributed by atoms with van der Waals surface area (Å²) in [7, 11) is 0. The minimum Gasteiger partial charge on any atom is -0.490 e. The van der Waals surface area contributed by atoms with Crippen molar-refractivity contribution in [3.63, 3.8) is 0 Å². The standard InChI is InChI=1S/C22H25FN2O3/c23-18-6-2-1-5-17(18)14-24-22(26)15-25-10-3-7-19(25)16-8-9-20-21(13-16)28-12-4-11-27-20/h1-2,5-6,8-9,13,19H,3-4,7,10-12,14-15H2,(H,24,26)/t19-/m0/s1. The minimum atomic E-state index is -0.297. The zero-order valence-corrected chi connectivity index (χ0v) is 15.8. The molecule has 1 N–H and O–H groups in total.